The first-order chi connectivity index (χ1) is 11.6. The quantitative estimate of drug-likeness (QED) is 0.436. The Morgan fingerprint density at radius 3 is 2.52 bits per heavy atom. The average molecular weight is 411 g/mol. The molecule has 0 bridgehead atoms. The number of halogens is 2. The Labute approximate surface area is 146 Å². The summed E-state index contributed by atoms with van der Waals surface area (Å²) in [5.41, 5.74) is 3.98. The fourth-order valence-corrected chi connectivity index (χ4v) is 3.34. The van der Waals surface area contributed by atoms with Crippen LogP contribution < -0.4 is 16.6 Å². The number of fused-ring (bicyclic) bond motifs is 1. The molecule has 3 rings (SSSR count). The number of carbonyl (C=O) groups is 2. The number of aromatic nitrogens is 1. The van der Waals surface area contributed by atoms with Gasteiger partial charge in [-0.2, -0.15) is 4.39 Å². The van der Waals surface area contributed by atoms with Gasteiger partial charge < -0.3 is 5.73 Å². The molecular formula is C14H8BrFN4O5. The third kappa shape index (κ3) is 2.31. The number of hydrogen-bond acceptors (Lipinski definition) is 6. The van der Waals surface area contributed by atoms with E-state index in [1.165, 1.54) is 6.92 Å². The maximum absolute atomic E-state index is 14.3. The summed E-state index contributed by atoms with van der Waals surface area (Å²) in [6, 6.07) is 1.84. The van der Waals surface area contributed by atoms with Gasteiger partial charge in [0.15, 0.2) is 0 Å². The number of nitro groups is 1. The zero-order chi connectivity index (χ0) is 18.6. The van der Waals surface area contributed by atoms with Crippen LogP contribution in [0.25, 0.3) is 5.69 Å². The van der Waals surface area contributed by atoms with Gasteiger partial charge in [0, 0.05) is 12.1 Å². The van der Waals surface area contributed by atoms with E-state index in [0.717, 1.165) is 16.7 Å². The zero-order valence-electron chi connectivity index (χ0n) is 12.4. The number of nitrogens with two attached hydrogens (primary N) is 1. The van der Waals surface area contributed by atoms with Crippen molar-refractivity contribution in [2.24, 2.45) is 0 Å². The van der Waals surface area contributed by atoms with Gasteiger partial charge in [-0.3, -0.25) is 34.4 Å². The molecule has 1 aromatic carbocycles. The molecule has 3 N–H and O–H groups in total. The maximum Gasteiger partial charge on any atom is 0.306 e. The normalized spacial score (nSPS) is 12.9. The fraction of sp³-hybridized carbons (Fsp3) is 0.0714. The van der Waals surface area contributed by atoms with Crippen LogP contribution in [0.2, 0.25) is 0 Å². The number of amides is 2. The van der Waals surface area contributed by atoms with Gasteiger partial charge in [0.25, 0.3) is 17.4 Å². The van der Waals surface area contributed by atoms with Crippen molar-refractivity contribution < 1.29 is 18.9 Å². The second kappa shape index (κ2) is 5.48. The number of pyridine rings is 1. The summed E-state index contributed by atoms with van der Waals surface area (Å²) in [6.07, 6.45) is 0. The van der Waals surface area contributed by atoms with Crippen molar-refractivity contribution in [3.05, 3.63) is 59.6 Å². The molecular weight excluding hydrogens is 403 g/mol. The molecule has 0 radical (unpaired) electrons. The largest absolute Gasteiger partial charge is 0.384 e. The van der Waals surface area contributed by atoms with Crippen LogP contribution in [0.5, 0.6) is 0 Å². The van der Waals surface area contributed by atoms with Gasteiger partial charge in [0.2, 0.25) is 5.82 Å². The van der Waals surface area contributed by atoms with E-state index in [-0.39, 0.29) is 32.7 Å². The Morgan fingerprint density at radius 2 is 1.92 bits per heavy atom. The third-order valence-electron chi connectivity index (χ3n) is 3.73. The zero-order valence-corrected chi connectivity index (χ0v) is 14.0. The van der Waals surface area contributed by atoms with Gasteiger partial charge in [-0.1, -0.05) is 0 Å². The van der Waals surface area contributed by atoms with Crippen molar-refractivity contribution in [3.8, 4) is 5.69 Å². The molecule has 9 nitrogen and oxygen atoms in total. The highest BCUT2D eigenvalue weighted by atomic mass is 79.9. The van der Waals surface area contributed by atoms with Crippen molar-refractivity contribution in [3.63, 3.8) is 0 Å². The Bertz CT molecular complexity index is 1060. The van der Waals surface area contributed by atoms with E-state index in [4.69, 9.17) is 5.73 Å². The second-order valence-corrected chi connectivity index (χ2v) is 6.01. The Hall–Kier alpha value is -3.08. The highest BCUT2D eigenvalue weighted by Gasteiger charge is 2.33. The Kier molecular flexibility index (Phi) is 3.68. The lowest BCUT2D eigenvalue weighted by Crippen LogP contribution is -2.25. The van der Waals surface area contributed by atoms with E-state index in [0.29, 0.717) is 0 Å². The first-order valence-electron chi connectivity index (χ1n) is 6.69. The topological polar surface area (TPSA) is 137 Å². The van der Waals surface area contributed by atoms with Crippen LogP contribution >= 0.6 is 15.9 Å². The molecule has 1 aromatic heterocycles. The van der Waals surface area contributed by atoms with Gasteiger partial charge in [0.05, 0.1) is 26.2 Å². The summed E-state index contributed by atoms with van der Waals surface area (Å²) in [5, 5.41) is 12.9. The summed E-state index contributed by atoms with van der Waals surface area (Å²) in [7, 11) is 0. The minimum absolute atomic E-state index is 0.0967. The van der Waals surface area contributed by atoms with Crippen LogP contribution in [0.3, 0.4) is 0 Å². The van der Waals surface area contributed by atoms with Crippen molar-refractivity contribution in [2.45, 2.75) is 6.92 Å². The highest BCUT2D eigenvalue weighted by Crippen LogP contribution is 2.35. The number of nitrogens with zero attached hydrogens (tertiary/aromatic N) is 2. The molecule has 0 saturated heterocycles. The molecule has 2 heterocycles. The minimum Gasteiger partial charge on any atom is -0.384 e. The highest BCUT2D eigenvalue weighted by molar-refractivity contribution is 9.10. The number of nitrogen functional groups attached to an aromatic ring is 1. The molecule has 1 aliphatic heterocycles. The van der Waals surface area contributed by atoms with Gasteiger partial charge in [0.1, 0.15) is 5.82 Å². The van der Waals surface area contributed by atoms with E-state index in [1.54, 1.807) is 0 Å². The van der Waals surface area contributed by atoms with Gasteiger partial charge in [-0.05, 0) is 28.4 Å². The monoisotopic (exact) mass is 410 g/mol. The molecule has 2 aromatic rings. The number of carbonyl (C=O) groups excluding carboxylic acids is 2. The lowest BCUT2D eigenvalue weighted by molar-refractivity contribution is -0.387. The van der Waals surface area contributed by atoms with Crippen LogP contribution in [-0.2, 0) is 0 Å². The summed E-state index contributed by atoms with van der Waals surface area (Å²) in [6.45, 7) is 1.41. The van der Waals surface area contributed by atoms with Crippen molar-refractivity contribution in [1.29, 1.82) is 0 Å². The van der Waals surface area contributed by atoms with Gasteiger partial charge in [-0.15, -0.1) is 0 Å². The van der Waals surface area contributed by atoms with Crippen molar-refractivity contribution in [2.75, 3.05) is 5.73 Å². The number of benzene rings is 1. The SMILES string of the molecule is Cc1cc([N+](=O)[O-])c(F)c(Br)c1-n1c(N)c2c(cc1=O)C(=O)NC2=O. The second-order valence-electron chi connectivity index (χ2n) is 5.22. The molecule has 25 heavy (non-hydrogen) atoms. The predicted molar refractivity (Wildman–Crippen MR) is 87.3 cm³/mol. The summed E-state index contributed by atoms with van der Waals surface area (Å²) < 4.78 is 14.7. The van der Waals surface area contributed by atoms with Crippen molar-refractivity contribution in [1.82, 2.24) is 9.88 Å². The van der Waals surface area contributed by atoms with Crippen molar-refractivity contribution >= 4 is 39.2 Å². The van der Waals surface area contributed by atoms with Crippen LogP contribution in [0.4, 0.5) is 15.9 Å². The number of rotatable bonds is 2. The van der Waals surface area contributed by atoms with E-state index in [1.807, 2.05) is 5.32 Å². The van der Waals surface area contributed by atoms with Crippen LogP contribution in [0.15, 0.2) is 21.4 Å². The Morgan fingerprint density at radius 1 is 1.28 bits per heavy atom. The number of aryl methyl sites for hydroxylation is 1. The minimum atomic E-state index is -1.20. The molecule has 2 amide bonds. The molecule has 0 saturated carbocycles. The number of hydrogen-bond donors (Lipinski definition) is 2. The molecule has 0 fully saturated rings. The number of nitro benzene ring substituents is 1. The van der Waals surface area contributed by atoms with Crippen LogP contribution in [-0.4, -0.2) is 21.3 Å². The molecule has 0 aliphatic carbocycles. The van der Waals surface area contributed by atoms with Gasteiger partial charge >= 0.3 is 5.69 Å². The molecule has 1 aliphatic rings. The first-order valence-corrected chi connectivity index (χ1v) is 7.49. The fourth-order valence-electron chi connectivity index (χ4n) is 2.64. The van der Waals surface area contributed by atoms with Gasteiger partial charge in [-0.25, -0.2) is 0 Å². The summed E-state index contributed by atoms with van der Waals surface area (Å²) in [4.78, 5) is 45.9. The summed E-state index contributed by atoms with van der Waals surface area (Å²) in [5.74, 6) is -3.12. The lowest BCUT2D eigenvalue weighted by Gasteiger charge is -2.16. The van der Waals surface area contributed by atoms with E-state index in [2.05, 4.69) is 15.9 Å². The van der Waals surface area contributed by atoms with Crippen LogP contribution in [0.1, 0.15) is 26.3 Å². The molecule has 0 spiro atoms. The predicted octanol–water partition coefficient (Wildman–Crippen LogP) is 1.42. The van der Waals surface area contributed by atoms with E-state index < -0.39 is 33.8 Å². The third-order valence-corrected chi connectivity index (χ3v) is 4.45. The standard InChI is InChI=1S/C14H8BrFN4O5/c1-4-2-6(20(24)25)10(16)9(15)11(4)19-7(21)3-5-8(12(19)17)14(23)18-13(5)22/h2-3H,17H2,1H3,(H,18,22,23). The summed E-state index contributed by atoms with van der Waals surface area (Å²) >= 11 is 2.90. The van der Waals surface area contributed by atoms with E-state index in [9.17, 15) is 28.9 Å². The first kappa shape index (κ1) is 16.8. The lowest BCUT2D eigenvalue weighted by atomic mass is 10.1. The molecule has 0 unspecified atom stereocenters. The molecule has 0 atom stereocenters. The maximum atomic E-state index is 14.3. The average Bonchev–Trinajstić information content (AvgIpc) is 2.80. The van der Waals surface area contributed by atoms with E-state index >= 15 is 0 Å². The molecule has 128 valence electrons. The smallest absolute Gasteiger partial charge is 0.306 e. The Balaban J connectivity index is 2.41. The van der Waals surface area contributed by atoms with Crippen LogP contribution in [0, 0.1) is 22.9 Å². The number of nitrogens with one attached hydrogen (secondary N) is 1. The molecule has 11 heteroatoms. The number of anilines is 1. The number of imide groups is 1.